The first-order valence-electron chi connectivity index (χ1n) is 6.55. The number of nitrogens with zero attached hydrogens (tertiary/aromatic N) is 2. The smallest absolute Gasteiger partial charge is 0.387 e. The number of carbonyl (C=O) groups excluding carboxylic acids is 1. The number of hydrazone groups is 1. The maximum atomic E-state index is 12.3. The molecule has 0 fully saturated rings. The number of amides is 1. The van der Waals surface area contributed by atoms with Crippen molar-refractivity contribution in [3.63, 3.8) is 0 Å². The number of halogens is 2. The van der Waals surface area contributed by atoms with Crippen LogP contribution in [-0.2, 0) is 4.79 Å². The molecule has 0 radical (unpaired) electrons. The molecular weight excluding hydrogens is 282 g/mol. The van der Waals surface area contributed by atoms with Gasteiger partial charge in [-0.1, -0.05) is 6.92 Å². The van der Waals surface area contributed by atoms with Gasteiger partial charge in [-0.25, -0.2) is 5.01 Å². The van der Waals surface area contributed by atoms with E-state index >= 15 is 0 Å². The van der Waals surface area contributed by atoms with Crippen LogP contribution >= 0.6 is 0 Å². The topological polar surface area (TPSA) is 51.1 Å². The van der Waals surface area contributed by atoms with E-state index in [1.165, 1.54) is 30.3 Å². The van der Waals surface area contributed by atoms with Gasteiger partial charge in [-0.3, -0.25) is 4.79 Å². The molecule has 0 aromatic heterocycles. The first-order valence-corrected chi connectivity index (χ1v) is 6.55. The van der Waals surface area contributed by atoms with Crippen LogP contribution in [-0.4, -0.2) is 25.8 Å². The lowest BCUT2D eigenvalue weighted by molar-refractivity contribution is -0.119. The normalized spacial score (nSPS) is 18.2. The van der Waals surface area contributed by atoms with Gasteiger partial charge < -0.3 is 9.47 Å². The number of hydrogen-bond acceptors (Lipinski definition) is 4. The first-order chi connectivity index (χ1) is 10.0. The molecule has 1 aromatic carbocycles. The van der Waals surface area contributed by atoms with E-state index < -0.39 is 6.61 Å². The number of rotatable bonds is 5. The minimum atomic E-state index is -2.94. The van der Waals surface area contributed by atoms with Gasteiger partial charge in [0.25, 0.3) is 0 Å². The molecule has 0 aliphatic carbocycles. The summed E-state index contributed by atoms with van der Waals surface area (Å²) in [6.45, 7) is -0.955. The van der Waals surface area contributed by atoms with E-state index in [0.29, 0.717) is 12.1 Å². The Hall–Kier alpha value is -2.18. The summed E-state index contributed by atoms with van der Waals surface area (Å²) in [6, 6.07) is 4.26. The molecule has 0 saturated carbocycles. The minimum absolute atomic E-state index is 0.0869. The second-order valence-corrected chi connectivity index (χ2v) is 4.56. The lowest BCUT2D eigenvalue weighted by atomic mass is 10.0. The van der Waals surface area contributed by atoms with Gasteiger partial charge in [-0.2, -0.15) is 13.9 Å². The number of ether oxygens (including phenoxy) is 2. The van der Waals surface area contributed by atoms with Gasteiger partial charge in [0, 0.05) is 24.6 Å². The molecular formula is C14H16F2N2O3. The van der Waals surface area contributed by atoms with Crippen molar-refractivity contribution < 1.29 is 23.0 Å². The number of methoxy groups -OCH3 is 1. The highest BCUT2D eigenvalue weighted by Crippen LogP contribution is 2.34. The van der Waals surface area contributed by atoms with Crippen LogP contribution in [0.2, 0.25) is 0 Å². The molecule has 1 unspecified atom stereocenters. The van der Waals surface area contributed by atoms with Gasteiger partial charge in [-0.15, -0.1) is 0 Å². The predicted octanol–water partition coefficient (Wildman–Crippen LogP) is 3.05. The standard InChI is InChI=1S/C14H16F2N2O3/c1-3-9-6-13(19)18(17-8-9)10-4-5-11(21-14(15)16)12(7-10)20-2/h4-5,7-9,14H,3,6H2,1-2H3. The molecule has 1 aliphatic rings. The Balaban J connectivity index is 2.27. The van der Waals surface area contributed by atoms with Crippen molar-refractivity contribution >= 4 is 17.8 Å². The molecule has 1 atom stereocenters. The van der Waals surface area contributed by atoms with Gasteiger partial charge >= 0.3 is 6.61 Å². The average molecular weight is 298 g/mol. The van der Waals surface area contributed by atoms with Crippen LogP contribution in [0.1, 0.15) is 19.8 Å². The largest absolute Gasteiger partial charge is 0.493 e. The van der Waals surface area contributed by atoms with Crippen LogP contribution in [0, 0.1) is 5.92 Å². The molecule has 1 heterocycles. The van der Waals surface area contributed by atoms with Crippen LogP contribution < -0.4 is 14.5 Å². The van der Waals surface area contributed by atoms with E-state index in [2.05, 4.69) is 9.84 Å². The van der Waals surface area contributed by atoms with Crippen LogP contribution in [0.5, 0.6) is 11.5 Å². The van der Waals surface area contributed by atoms with E-state index in [-0.39, 0.29) is 23.3 Å². The SMILES string of the molecule is CCC1C=NN(c2ccc(OC(F)F)c(OC)c2)C(=O)C1. The number of hydrogen-bond donors (Lipinski definition) is 0. The highest BCUT2D eigenvalue weighted by Gasteiger charge is 2.24. The van der Waals surface area contributed by atoms with Crippen molar-refractivity contribution in [2.24, 2.45) is 11.0 Å². The van der Waals surface area contributed by atoms with Crippen molar-refractivity contribution in [2.75, 3.05) is 12.1 Å². The molecule has 7 heteroatoms. The third-order valence-electron chi connectivity index (χ3n) is 3.20. The van der Waals surface area contributed by atoms with Gasteiger partial charge in [-0.05, 0) is 18.6 Å². The second-order valence-electron chi connectivity index (χ2n) is 4.56. The van der Waals surface area contributed by atoms with E-state index in [0.717, 1.165) is 6.42 Å². The van der Waals surface area contributed by atoms with Gasteiger partial charge in [0.1, 0.15) is 0 Å². The highest BCUT2D eigenvalue weighted by molar-refractivity contribution is 5.97. The van der Waals surface area contributed by atoms with Crippen molar-refractivity contribution in [1.82, 2.24) is 0 Å². The zero-order valence-electron chi connectivity index (χ0n) is 11.8. The van der Waals surface area contributed by atoms with Crippen LogP contribution in [0.3, 0.4) is 0 Å². The Morgan fingerprint density at radius 3 is 2.76 bits per heavy atom. The summed E-state index contributed by atoms with van der Waals surface area (Å²) in [4.78, 5) is 12.0. The van der Waals surface area contributed by atoms with E-state index in [1.54, 1.807) is 6.21 Å². The maximum absolute atomic E-state index is 12.3. The van der Waals surface area contributed by atoms with Crippen LogP contribution in [0.25, 0.3) is 0 Å². The molecule has 0 bridgehead atoms. The Morgan fingerprint density at radius 2 is 2.19 bits per heavy atom. The third kappa shape index (κ3) is 3.48. The number of anilines is 1. The third-order valence-corrected chi connectivity index (χ3v) is 3.20. The Bertz CT molecular complexity index is 549. The number of benzene rings is 1. The quantitative estimate of drug-likeness (QED) is 0.839. The van der Waals surface area contributed by atoms with Crippen LogP contribution in [0.15, 0.2) is 23.3 Å². The number of alkyl halides is 2. The molecule has 5 nitrogen and oxygen atoms in total. The summed E-state index contributed by atoms with van der Waals surface area (Å²) >= 11 is 0. The molecule has 1 amide bonds. The van der Waals surface area contributed by atoms with E-state index in [4.69, 9.17) is 4.74 Å². The molecule has 114 valence electrons. The molecule has 0 spiro atoms. The Morgan fingerprint density at radius 1 is 1.43 bits per heavy atom. The summed E-state index contributed by atoms with van der Waals surface area (Å²) < 4.78 is 33.9. The van der Waals surface area contributed by atoms with Gasteiger partial charge in [0.2, 0.25) is 5.91 Å². The molecule has 2 rings (SSSR count). The summed E-state index contributed by atoms with van der Waals surface area (Å²) in [5.74, 6) is 0.0237. The minimum Gasteiger partial charge on any atom is -0.493 e. The Kier molecular flexibility index (Phi) is 4.72. The molecule has 1 aromatic rings. The summed E-state index contributed by atoms with van der Waals surface area (Å²) in [7, 11) is 1.34. The highest BCUT2D eigenvalue weighted by atomic mass is 19.3. The molecule has 21 heavy (non-hydrogen) atoms. The van der Waals surface area contributed by atoms with Crippen LogP contribution in [0.4, 0.5) is 14.5 Å². The summed E-state index contributed by atoms with van der Waals surface area (Å²) in [5, 5.41) is 5.35. The first kappa shape index (κ1) is 15.2. The average Bonchev–Trinajstić information content (AvgIpc) is 2.47. The van der Waals surface area contributed by atoms with Gasteiger partial charge in [0.05, 0.1) is 12.8 Å². The number of carbonyl (C=O) groups is 1. The fraction of sp³-hybridized carbons (Fsp3) is 0.429. The second kappa shape index (κ2) is 6.51. The molecule has 0 saturated heterocycles. The predicted molar refractivity (Wildman–Crippen MR) is 74.0 cm³/mol. The lowest BCUT2D eigenvalue weighted by Crippen LogP contribution is -2.32. The fourth-order valence-electron chi connectivity index (χ4n) is 2.03. The monoisotopic (exact) mass is 298 g/mol. The van der Waals surface area contributed by atoms with Crippen molar-refractivity contribution in [2.45, 2.75) is 26.4 Å². The zero-order valence-corrected chi connectivity index (χ0v) is 11.8. The summed E-state index contributed by atoms with van der Waals surface area (Å²) in [5.41, 5.74) is 0.448. The van der Waals surface area contributed by atoms with E-state index in [9.17, 15) is 13.6 Å². The molecule has 1 aliphatic heterocycles. The molecule has 0 N–H and O–H groups in total. The van der Waals surface area contributed by atoms with Crippen molar-refractivity contribution in [1.29, 1.82) is 0 Å². The van der Waals surface area contributed by atoms with Crippen molar-refractivity contribution in [3.05, 3.63) is 18.2 Å². The van der Waals surface area contributed by atoms with Gasteiger partial charge in [0.15, 0.2) is 11.5 Å². The lowest BCUT2D eigenvalue weighted by Gasteiger charge is -2.24. The summed E-state index contributed by atoms with van der Waals surface area (Å²) in [6.07, 6.45) is 2.93. The maximum Gasteiger partial charge on any atom is 0.387 e. The van der Waals surface area contributed by atoms with Crippen molar-refractivity contribution in [3.8, 4) is 11.5 Å². The zero-order chi connectivity index (χ0) is 15.4. The van der Waals surface area contributed by atoms with E-state index in [1.807, 2.05) is 6.92 Å². The Labute approximate surface area is 121 Å². The fourth-order valence-corrected chi connectivity index (χ4v) is 2.03.